The summed E-state index contributed by atoms with van der Waals surface area (Å²) in [4.78, 5) is 11.5. The van der Waals surface area contributed by atoms with E-state index in [-0.39, 0.29) is 24.6 Å². The van der Waals surface area contributed by atoms with Gasteiger partial charge in [-0.1, -0.05) is 35.3 Å². The van der Waals surface area contributed by atoms with Gasteiger partial charge in [-0.3, -0.25) is 4.79 Å². The number of sulfone groups is 1. The molecular formula is C12H15Cl2NO3S. The first-order valence-corrected chi connectivity index (χ1v) is 8.48. The molecule has 0 unspecified atom stereocenters. The lowest BCUT2D eigenvalue weighted by molar-refractivity contribution is -0.120. The average molecular weight is 324 g/mol. The van der Waals surface area contributed by atoms with Crippen LogP contribution in [0.1, 0.15) is 12.0 Å². The maximum Gasteiger partial charge on any atom is 0.220 e. The van der Waals surface area contributed by atoms with Crippen molar-refractivity contribution in [2.24, 2.45) is 0 Å². The first-order valence-electron chi connectivity index (χ1n) is 5.67. The van der Waals surface area contributed by atoms with Gasteiger partial charge in [0.15, 0.2) is 0 Å². The maximum absolute atomic E-state index is 11.5. The fourth-order valence-electron chi connectivity index (χ4n) is 1.45. The first kappa shape index (κ1) is 16.3. The topological polar surface area (TPSA) is 63.2 Å². The van der Waals surface area contributed by atoms with E-state index >= 15 is 0 Å². The van der Waals surface area contributed by atoms with Gasteiger partial charge in [-0.2, -0.15) is 0 Å². The molecule has 0 aliphatic heterocycles. The number of halogens is 2. The molecule has 7 heteroatoms. The van der Waals surface area contributed by atoms with E-state index in [4.69, 9.17) is 23.2 Å². The zero-order valence-corrected chi connectivity index (χ0v) is 12.8. The lowest BCUT2D eigenvalue weighted by Crippen LogP contribution is -2.28. The molecule has 0 heterocycles. The zero-order valence-electron chi connectivity index (χ0n) is 10.4. The molecule has 0 saturated heterocycles. The number of rotatable bonds is 6. The van der Waals surface area contributed by atoms with Crippen LogP contribution in [-0.4, -0.2) is 32.9 Å². The van der Waals surface area contributed by atoms with Crippen molar-refractivity contribution in [3.8, 4) is 0 Å². The molecule has 1 rings (SSSR count). The van der Waals surface area contributed by atoms with Crippen LogP contribution in [0.25, 0.3) is 0 Å². The van der Waals surface area contributed by atoms with Crippen LogP contribution < -0.4 is 5.32 Å². The Kier molecular flexibility index (Phi) is 6.10. The van der Waals surface area contributed by atoms with Gasteiger partial charge in [-0.25, -0.2) is 8.42 Å². The molecule has 1 amide bonds. The predicted octanol–water partition coefficient (Wildman–Crippen LogP) is 2.09. The Morgan fingerprint density at radius 1 is 1.32 bits per heavy atom. The number of carbonyl (C=O) groups excluding carboxylic acids is 1. The number of amides is 1. The molecule has 0 saturated carbocycles. The zero-order chi connectivity index (χ0) is 14.5. The van der Waals surface area contributed by atoms with Gasteiger partial charge >= 0.3 is 0 Å². The number of benzene rings is 1. The lowest BCUT2D eigenvalue weighted by Gasteiger charge is -2.06. The molecule has 0 bridgehead atoms. The minimum atomic E-state index is -3.05. The third-order valence-corrected chi connectivity index (χ3v) is 4.25. The third kappa shape index (κ3) is 6.27. The van der Waals surface area contributed by atoms with Gasteiger partial charge in [-0.05, 0) is 18.1 Å². The summed E-state index contributed by atoms with van der Waals surface area (Å²) in [5, 5.41) is 3.46. The summed E-state index contributed by atoms with van der Waals surface area (Å²) in [6.45, 7) is 0.126. The molecule has 0 aliphatic rings. The molecule has 0 spiro atoms. The van der Waals surface area contributed by atoms with E-state index in [0.717, 1.165) is 11.8 Å². The minimum absolute atomic E-state index is 0.0589. The predicted molar refractivity (Wildman–Crippen MR) is 77.5 cm³/mol. The molecule has 1 aromatic carbocycles. The average Bonchev–Trinajstić information content (AvgIpc) is 2.29. The van der Waals surface area contributed by atoms with Crippen LogP contribution >= 0.6 is 23.2 Å². The molecule has 0 radical (unpaired) electrons. The van der Waals surface area contributed by atoms with E-state index in [1.807, 2.05) is 0 Å². The molecule has 0 atom stereocenters. The van der Waals surface area contributed by atoms with Crippen LogP contribution in [0.5, 0.6) is 0 Å². The van der Waals surface area contributed by atoms with Crippen molar-refractivity contribution in [2.45, 2.75) is 12.8 Å². The van der Waals surface area contributed by atoms with Crippen molar-refractivity contribution in [3.63, 3.8) is 0 Å². The molecule has 106 valence electrons. The molecule has 4 nitrogen and oxygen atoms in total. The summed E-state index contributed by atoms with van der Waals surface area (Å²) >= 11 is 11.9. The number of aryl methyl sites for hydroxylation is 1. The number of hydrogen-bond donors (Lipinski definition) is 1. The number of carbonyl (C=O) groups is 1. The third-order valence-electron chi connectivity index (χ3n) is 2.45. The summed E-state index contributed by atoms with van der Waals surface area (Å²) in [6, 6.07) is 5.25. The summed E-state index contributed by atoms with van der Waals surface area (Å²) in [5.41, 5.74) is 0.799. The van der Waals surface area contributed by atoms with Crippen molar-refractivity contribution in [1.29, 1.82) is 0 Å². The van der Waals surface area contributed by atoms with E-state index in [1.165, 1.54) is 0 Å². The smallest absolute Gasteiger partial charge is 0.220 e. The van der Waals surface area contributed by atoms with Gasteiger partial charge in [0.25, 0.3) is 0 Å². The van der Waals surface area contributed by atoms with Crippen molar-refractivity contribution in [1.82, 2.24) is 5.32 Å². The van der Waals surface area contributed by atoms with Gasteiger partial charge in [0.1, 0.15) is 9.84 Å². The van der Waals surface area contributed by atoms with Crippen LogP contribution in [0.2, 0.25) is 10.0 Å². The number of hydrogen-bond acceptors (Lipinski definition) is 3. The molecule has 0 fully saturated rings. The minimum Gasteiger partial charge on any atom is -0.355 e. The van der Waals surface area contributed by atoms with E-state index in [0.29, 0.717) is 16.5 Å². The second-order valence-corrected chi connectivity index (χ2v) is 7.24. The molecule has 19 heavy (non-hydrogen) atoms. The van der Waals surface area contributed by atoms with Crippen molar-refractivity contribution in [3.05, 3.63) is 33.8 Å². The fraction of sp³-hybridized carbons (Fsp3) is 0.417. The molecule has 0 aliphatic carbocycles. The van der Waals surface area contributed by atoms with Gasteiger partial charge in [0.2, 0.25) is 5.91 Å². The molecule has 0 aromatic heterocycles. The highest BCUT2D eigenvalue weighted by atomic mass is 35.5. The lowest BCUT2D eigenvalue weighted by atomic mass is 10.1. The van der Waals surface area contributed by atoms with E-state index < -0.39 is 9.84 Å². The molecule has 1 aromatic rings. The van der Waals surface area contributed by atoms with Crippen LogP contribution in [0.15, 0.2) is 18.2 Å². The SMILES string of the molecule is CS(=O)(=O)CCNC(=O)CCc1cccc(Cl)c1Cl. The Balaban J connectivity index is 2.40. The van der Waals surface area contributed by atoms with Gasteiger partial charge in [-0.15, -0.1) is 0 Å². The van der Waals surface area contributed by atoms with Crippen LogP contribution in [0, 0.1) is 0 Å². The van der Waals surface area contributed by atoms with Gasteiger partial charge < -0.3 is 5.32 Å². The Bertz CT molecular complexity index is 558. The Morgan fingerprint density at radius 3 is 2.63 bits per heavy atom. The van der Waals surface area contributed by atoms with Crippen molar-refractivity contribution < 1.29 is 13.2 Å². The van der Waals surface area contributed by atoms with Crippen LogP contribution in [-0.2, 0) is 21.1 Å². The summed E-state index contributed by atoms with van der Waals surface area (Å²) in [7, 11) is -3.05. The molecule has 1 N–H and O–H groups in total. The summed E-state index contributed by atoms with van der Waals surface area (Å²) < 4.78 is 21.8. The standard InChI is InChI=1S/C12H15Cl2NO3S/c1-19(17,18)8-7-15-11(16)6-5-9-3-2-4-10(13)12(9)14/h2-4H,5-8H2,1H3,(H,15,16). The van der Waals surface area contributed by atoms with Crippen LogP contribution in [0.3, 0.4) is 0 Å². The second-order valence-electron chi connectivity index (χ2n) is 4.19. The highest BCUT2D eigenvalue weighted by Crippen LogP contribution is 2.26. The fourth-order valence-corrected chi connectivity index (χ4v) is 2.34. The monoisotopic (exact) mass is 323 g/mol. The van der Waals surface area contributed by atoms with E-state index in [9.17, 15) is 13.2 Å². The van der Waals surface area contributed by atoms with Crippen LogP contribution in [0.4, 0.5) is 0 Å². The van der Waals surface area contributed by atoms with Crippen molar-refractivity contribution in [2.75, 3.05) is 18.6 Å². The second kappa shape index (κ2) is 7.12. The largest absolute Gasteiger partial charge is 0.355 e. The Labute approximate surface area is 123 Å². The maximum atomic E-state index is 11.5. The highest BCUT2D eigenvalue weighted by Gasteiger charge is 2.08. The van der Waals surface area contributed by atoms with Gasteiger partial charge in [0, 0.05) is 19.2 Å². The highest BCUT2D eigenvalue weighted by molar-refractivity contribution is 7.90. The van der Waals surface area contributed by atoms with Gasteiger partial charge in [0.05, 0.1) is 15.8 Å². The number of nitrogens with one attached hydrogen (secondary N) is 1. The first-order chi connectivity index (χ1) is 8.79. The quantitative estimate of drug-likeness (QED) is 0.871. The van der Waals surface area contributed by atoms with E-state index in [2.05, 4.69) is 5.32 Å². The Hall–Kier alpha value is -0.780. The van der Waals surface area contributed by atoms with Crippen molar-refractivity contribution >= 4 is 38.9 Å². The summed E-state index contributed by atoms with van der Waals surface area (Å²) in [6.07, 6.45) is 1.83. The summed E-state index contributed by atoms with van der Waals surface area (Å²) in [5.74, 6) is -0.267. The Morgan fingerprint density at radius 2 is 2.00 bits per heavy atom. The normalized spacial score (nSPS) is 11.3. The molecular weight excluding hydrogens is 309 g/mol. The van der Waals surface area contributed by atoms with E-state index in [1.54, 1.807) is 18.2 Å².